The number of carbonyl (C=O) groups is 1. The molecule has 158 valence electrons. The standard InChI is InChI=1S/C25H17Cl2N3OS/c26-19-10-6-11-20(23(19)27)28-25-29-24(31)22(32-25)13-17-15-30(14-16-7-2-1-3-8-16)21-12-5-4-9-18(17)21/h1-13,15H,14H2,(H,28,29,31). The number of aromatic nitrogens is 1. The number of thioether (sulfide) groups is 1. The predicted molar refractivity (Wildman–Crippen MR) is 135 cm³/mol. The van der Waals surface area contributed by atoms with Gasteiger partial charge < -0.3 is 9.88 Å². The lowest BCUT2D eigenvalue weighted by molar-refractivity contribution is -0.115. The first-order valence-corrected chi connectivity index (χ1v) is 11.5. The zero-order chi connectivity index (χ0) is 22.1. The third kappa shape index (κ3) is 4.19. The first-order valence-electron chi connectivity index (χ1n) is 9.94. The number of hydrogen-bond acceptors (Lipinski definition) is 3. The summed E-state index contributed by atoms with van der Waals surface area (Å²) in [5, 5.41) is 5.15. The molecule has 32 heavy (non-hydrogen) atoms. The predicted octanol–water partition coefficient (Wildman–Crippen LogP) is 6.89. The Morgan fingerprint density at radius 3 is 2.59 bits per heavy atom. The van der Waals surface area contributed by atoms with Gasteiger partial charge in [-0.25, -0.2) is 4.99 Å². The van der Waals surface area contributed by atoms with Crippen molar-refractivity contribution in [2.75, 3.05) is 0 Å². The van der Waals surface area contributed by atoms with E-state index in [4.69, 9.17) is 23.2 Å². The molecule has 0 unspecified atom stereocenters. The Labute approximate surface area is 199 Å². The van der Waals surface area contributed by atoms with E-state index in [1.807, 2.05) is 36.4 Å². The van der Waals surface area contributed by atoms with Gasteiger partial charge >= 0.3 is 0 Å². The lowest BCUT2D eigenvalue weighted by Gasteiger charge is -2.05. The number of nitrogens with zero attached hydrogens (tertiary/aromatic N) is 2. The molecule has 1 aromatic heterocycles. The van der Waals surface area contributed by atoms with Gasteiger partial charge in [-0.05, 0) is 41.6 Å². The van der Waals surface area contributed by atoms with Crippen molar-refractivity contribution in [2.24, 2.45) is 4.99 Å². The number of nitrogens with one attached hydrogen (secondary N) is 1. The van der Waals surface area contributed by atoms with Gasteiger partial charge in [0.25, 0.3) is 5.91 Å². The minimum absolute atomic E-state index is 0.188. The molecule has 4 aromatic rings. The van der Waals surface area contributed by atoms with Gasteiger partial charge in [-0.3, -0.25) is 4.79 Å². The summed E-state index contributed by atoms with van der Waals surface area (Å²) >= 11 is 13.6. The van der Waals surface area contributed by atoms with Crippen LogP contribution in [-0.2, 0) is 11.3 Å². The summed E-state index contributed by atoms with van der Waals surface area (Å²) < 4.78 is 2.20. The van der Waals surface area contributed by atoms with E-state index in [0.717, 1.165) is 23.0 Å². The highest BCUT2D eigenvalue weighted by atomic mass is 35.5. The highest BCUT2D eigenvalue weighted by Gasteiger charge is 2.25. The minimum Gasteiger partial charge on any atom is -0.342 e. The number of hydrogen-bond donors (Lipinski definition) is 1. The zero-order valence-electron chi connectivity index (χ0n) is 16.8. The van der Waals surface area contributed by atoms with Crippen molar-refractivity contribution in [2.45, 2.75) is 6.54 Å². The number of benzene rings is 3. The van der Waals surface area contributed by atoms with Crippen LogP contribution in [0.1, 0.15) is 11.1 Å². The molecule has 2 heterocycles. The van der Waals surface area contributed by atoms with Crippen LogP contribution in [0.15, 0.2) is 88.9 Å². The monoisotopic (exact) mass is 477 g/mol. The maximum absolute atomic E-state index is 12.6. The summed E-state index contributed by atoms with van der Waals surface area (Å²) in [6.07, 6.45) is 3.99. The highest BCUT2D eigenvalue weighted by Crippen LogP contribution is 2.35. The summed E-state index contributed by atoms with van der Waals surface area (Å²) in [7, 11) is 0. The molecule has 4 nitrogen and oxygen atoms in total. The number of halogens is 2. The van der Waals surface area contributed by atoms with Crippen LogP contribution in [0.3, 0.4) is 0 Å². The minimum atomic E-state index is -0.188. The second kappa shape index (κ2) is 8.87. The topological polar surface area (TPSA) is 46.4 Å². The van der Waals surface area contributed by atoms with E-state index in [1.165, 1.54) is 17.3 Å². The Balaban J connectivity index is 1.48. The Kier molecular flexibility index (Phi) is 5.79. The Morgan fingerprint density at radius 2 is 1.75 bits per heavy atom. The smallest absolute Gasteiger partial charge is 0.264 e. The molecule has 0 atom stereocenters. The van der Waals surface area contributed by atoms with E-state index in [0.29, 0.717) is 25.8 Å². The van der Waals surface area contributed by atoms with Crippen molar-refractivity contribution in [1.82, 2.24) is 9.88 Å². The Bertz CT molecular complexity index is 1390. The largest absolute Gasteiger partial charge is 0.342 e. The SMILES string of the molecule is O=C1NC(=Nc2cccc(Cl)c2Cl)SC1=Cc1cn(Cc2ccccc2)c2ccccc12. The quantitative estimate of drug-likeness (QED) is 0.325. The van der Waals surface area contributed by atoms with Crippen LogP contribution in [0.4, 0.5) is 5.69 Å². The van der Waals surface area contributed by atoms with Gasteiger partial charge in [-0.2, -0.15) is 0 Å². The van der Waals surface area contributed by atoms with Gasteiger partial charge in [0.05, 0.1) is 20.6 Å². The van der Waals surface area contributed by atoms with Gasteiger partial charge in [-0.1, -0.05) is 77.8 Å². The highest BCUT2D eigenvalue weighted by molar-refractivity contribution is 8.18. The summed E-state index contributed by atoms with van der Waals surface area (Å²) in [5.74, 6) is -0.188. The van der Waals surface area contributed by atoms with Crippen LogP contribution < -0.4 is 5.32 Å². The summed E-state index contributed by atoms with van der Waals surface area (Å²) in [4.78, 5) is 17.7. The van der Waals surface area contributed by atoms with Crippen LogP contribution >= 0.6 is 35.0 Å². The number of para-hydroxylation sites is 1. The van der Waals surface area contributed by atoms with Crippen molar-refractivity contribution in [3.8, 4) is 0 Å². The molecule has 0 saturated carbocycles. The fraction of sp³-hybridized carbons (Fsp3) is 0.0400. The molecule has 1 amide bonds. The number of fused-ring (bicyclic) bond motifs is 1. The number of rotatable bonds is 4. The molecule has 5 rings (SSSR count). The van der Waals surface area contributed by atoms with Gasteiger partial charge in [0.15, 0.2) is 5.17 Å². The molecule has 3 aromatic carbocycles. The van der Waals surface area contributed by atoms with Crippen LogP contribution in [0, 0.1) is 0 Å². The van der Waals surface area contributed by atoms with Gasteiger partial charge in [-0.15, -0.1) is 0 Å². The molecule has 0 radical (unpaired) electrons. The van der Waals surface area contributed by atoms with E-state index in [1.54, 1.807) is 18.2 Å². The van der Waals surface area contributed by atoms with Crippen molar-refractivity contribution in [3.63, 3.8) is 0 Å². The van der Waals surface area contributed by atoms with Crippen molar-refractivity contribution < 1.29 is 4.79 Å². The second-order valence-corrected chi connectivity index (χ2v) is 9.09. The van der Waals surface area contributed by atoms with Gasteiger partial charge in [0.2, 0.25) is 0 Å². The van der Waals surface area contributed by atoms with E-state index < -0.39 is 0 Å². The fourth-order valence-corrected chi connectivity index (χ4v) is 4.77. The first kappa shape index (κ1) is 20.9. The van der Waals surface area contributed by atoms with Crippen LogP contribution in [0.2, 0.25) is 10.0 Å². The molecule has 1 aliphatic rings. The summed E-state index contributed by atoms with van der Waals surface area (Å²) in [6, 6.07) is 23.7. The Hall–Kier alpha value is -2.99. The Morgan fingerprint density at radius 1 is 0.969 bits per heavy atom. The lowest BCUT2D eigenvalue weighted by Crippen LogP contribution is -2.19. The molecule has 0 bridgehead atoms. The summed E-state index contributed by atoms with van der Waals surface area (Å²) in [6.45, 7) is 0.754. The lowest BCUT2D eigenvalue weighted by atomic mass is 10.1. The second-order valence-electron chi connectivity index (χ2n) is 7.27. The molecule has 1 N–H and O–H groups in total. The molecule has 1 saturated heterocycles. The number of aliphatic imine (C=N–C) groups is 1. The van der Waals surface area contributed by atoms with Crippen molar-refractivity contribution in [1.29, 1.82) is 0 Å². The van der Waals surface area contributed by atoms with E-state index in [9.17, 15) is 4.79 Å². The third-order valence-electron chi connectivity index (χ3n) is 5.11. The van der Waals surface area contributed by atoms with E-state index in [-0.39, 0.29) is 5.91 Å². The summed E-state index contributed by atoms with van der Waals surface area (Å²) in [5.41, 5.74) is 3.83. The number of amides is 1. The maximum atomic E-state index is 12.6. The number of carbonyl (C=O) groups excluding carboxylic acids is 1. The molecule has 1 fully saturated rings. The molecule has 1 aliphatic heterocycles. The van der Waals surface area contributed by atoms with Gasteiger partial charge in [0.1, 0.15) is 0 Å². The zero-order valence-corrected chi connectivity index (χ0v) is 19.1. The van der Waals surface area contributed by atoms with Crippen LogP contribution in [0.5, 0.6) is 0 Å². The third-order valence-corrected chi connectivity index (χ3v) is 6.82. The molecule has 7 heteroatoms. The molecule has 0 aliphatic carbocycles. The van der Waals surface area contributed by atoms with Crippen molar-refractivity contribution in [3.05, 3.63) is 105 Å². The van der Waals surface area contributed by atoms with Crippen LogP contribution in [-0.4, -0.2) is 15.6 Å². The molecular formula is C25H17Cl2N3OS. The van der Waals surface area contributed by atoms with Crippen molar-refractivity contribution >= 4 is 68.7 Å². The van der Waals surface area contributed by atoms with Gasteiger partial charge in [0, 0.05) is 29.2 Å². The fourth-order valence-electron chi connectivity index (χ4n) is 3.61. The first-order chi connectivity index (χ1) is 15.6. The van der Waals surface area contributed by atoms with E-state index in [2.05, 4.69) is 45.3 Å². The van der Waals surface area contributed by atoms with E-state index >= 15 is 0 Å². The normalized spacial score (nSPS) is 16.2. The van der Waals surface area contributed by atoms with Crippen LogP contribution in [0.25, 0.3) is 17.0 Å². The average molecular weight is 478 g/mol. The molecule has 0 spiro atoms. The maximum Gasteiger partial charge on any atom is 0.264 e. The average Bonchev–Trinajstić information content (AvgIpc) is 3.32. The molecular weight excluding hydrogens is 461 g/mol. The number of amidine groups is 1.